The Morgan fingerprint density at radius 1 is 1.11 bits per heavy atom. The van der Waals surface area contributed by atoms with Crippen molar-refractivity contribution in [3.05, 3.63) is 40.9 Å². The highest BCUT2D eigenvalue weighted by Gasteiger charge is 2.37. The fourth-order valence-electron chi connectivity index (χ4n) is 2.21. The first kappa shape index (κ1) is 10.5. The molecule has 2 amide bonds. The minimum Gasteiger partial charge on any atom is -0.426 e. The van der Waals surface area contributed by atoms with Crippen LogP contribution in [0.1, 0.15) is 20.7 Å². The number of para-hydroxylation sites is 1. The molecule has 1 aromatic heterocycles. The van der Waals surface area contributed by atoms with Crippen molar-refractivity contribution >= 4 is 22.7 Å². The molecule has 0 fully saturated rings. The number of aromatic nitrogens is 1. The number of hydrogen-bond acceptors (Lipinski definition) is 4. The van der Waals surface area contributed by atoms with E-state index in [0.717, 1.165) is 4.90 Å². The summed E-state index contributed by atoms with van der Waals surface area (Å²) < 4.78 is 0.624. The smallest absolute Gasteiger partial charge is 0.265 e. The molecule has 90 valence electrons. The number of hydrogen-bond donors (Lipinski definition) is 2. The molecule has 2 N–H and O–H groups in total. The van der Waals surface area contributed by atoms with Gasteiger partial charge in [0.2, 0.25) is 0 Å². The van der Waals surface area contributed by atoms with E-state index in [1.165, 1.54) is 7.05 Å². The predicted molar refractivity (Wildman–Crippen MR) is 61.4 cm³/mol. The van der Waals surface area contributed by atoms with Crippen LogP contribution in [0.15, 0.2) is 24.3 Å². The number of amides is 2. The minimum absolute atomic E-state index is 0.0521. The Labute approximate surface area is 101 Å². The Morgan fingerprint density at radius 2 is 1.72 bits per heavy atom. The summed E-state index contributed by atoms with van der Waals surface area (Å²) in [7, 11) is 1.36. The van der Waals surface area contributed by atoms with Crippen LogP contribution in [0.25, 0.3) is 10.9 Å². The number of pyridine rings is 1. The second kappa shape index (κ2) is 3.19. The van der Waals surface area contributed by atoms with E-state index >= 15 is 0 Å². The number of nitrogens with zero attached hydrogens (tertiary/aromatic N) is 2. The second-order valence-electron chi connectivity index (χ2n) is 4.10. The van der Waals surface area contributed by atoms with Gasteiger partial charge in [0.1, 0.15) is 0 Å². The normalized spacial score (nSPS) is 14.4. The molecular weight excluding hydrogens is 234 g/mol. The van der Waals surface area contributed by atoms with Crippen molar-refractivity contribution in [3.8, 4) is 0 Å². The zero-order chi connectivity index (χ0) is 13.0. The minimum atomic E-state index is -0.562. The molecule has 0 atom stereocenters. The van der Waals surface area contributed by atoms with Crippen LogP contribution >= 0.6 is 0 Å². The first-order valence-corrected chi connectivity index (χ1v) is 5.28. The Bertz CT molecular complexity index is 776. The third-order valence-corrected chi connectivity index (χ3v) is 3.14. The van der Waals surface area contributed by atoms with Crippen molar-refractivity contribution in [3.63, 3.8) is 0 Å². The Kier molecular flexibility index (Phi) is 1.87. The van der Waals surface area contributed by atoms with Gasteiger partial charge in [-0.25, -0.2) is 0 Å². The van der Waals surface area contributed by atoms with Crippen LogP contribution < -0.4 is 5.49 Å². The van der Waals surface area contributed by atoms with Crippen LogP contribution in [-0.2, 0) is 0 Å². The molecule has 0 spiro atoms. The summed E-state index contributed by atoms with van der Waals surface area (Å²) in [6.07, 6.45) is 0. The number of fused-ring (bicyclic) bond motifs is 3. The van der Waals surface area contributed by atoms with Gasteiger partial charge in [-0.1, -0.05) is 18.2 Å². The summed E-state index contributed by atoms with van der Waals surface area (Å²) in [6.45, 7) is 0. The van der Waals surface area contributed by atoms with Crippen LogP contribution in [0, 0.1) is 5.41 Å². The Morgan fingerprint density at radius 3 is 2.44 bits per heavy atom. The Balaban J connectivity index is 2.61. The molecule has 6 nitrogen and oxygen atoms in total. The molecule has 2 heterocycles. The maximum atomic E-state index is 12.0. The van der Waals surface area contributed by atoms with Gasteiger partial charge >= 0.3 is 0 Å². The summed E-state index contributed by atoms with van der Waals surface area (Å²) in [4.78, 5) is 24.9. The molecule has 18 heavy (non-hydrogen) atoms. The van der Waals surface area contributed by atoms with Gasteiger partial charge in [0.15, 0.2) is 5.49 Å². The average Bonchev–Trinajstić information content (AvgIpc) is 2.61. The fourth-order valence-corrected chi connectivity index (χ4v) is 2.21. The van der Waals surface area contributed by atoms with Crippen molar-refractivity contribution in [1.82, 2.24) is 9.63 Å². The first-order valence-electron chi connectivity index (χ1n) is 5.28. The van der Waals surface area contributed by atoms with Crippen LogP contribution in [0.2, 0.25) is 0 Å². The molecule has 0 unspecified atom stereocenters. The standard InChI is InChI=1S/C12H9N3O3/c1-14-11(16)8-6-4-2-3-5-7(6)15(18)10(13)9(8)12(14)17/h2-5,13,18H,1H3. The van der Waals surface area contributed by atoms with Gasteiger partial charge in [0.25, 0.3) is 11.8 Å². The molecule has 0 saturated heterocycles. The monoisotopic (exact) mass is 243 g/mol. The highest BCUT2D eigenvalue weighted by Crippen LogP contribution is 2.26. The van der Waals surface area contributed by atoms with Crippen molar-refractivity contribution in [2.24, 2.45) is 0 Å². The van der Waals surface area contributed by atoms with Crippen LogP contribution in [-0.4, -0.2) is 33.7 Å². The molecule has 1 aromatic carbocycles. The van der Waals surface area contributed by atoms with Gasteiger partial charge in [-0.2, -0.15) is 4.73 Å². The number of imide groups is 1. The third-order valence-electron chi connectivity index (χ3n) is 3.14. The molecule has 0 aliphatic carbocycles. The summed E-state index contributed by atoms with van der Waals surface area (Å²) in [5.74, 6) is -1.01. The van der Waals surface area contributed by atoms with E-state index in [0.29, 0.717) is 15.6 Å². The van der Waals surface area contributed by atoms with Crippen molar-refractivity contribution in [1.29, 1.82) is 5.41 Å². The summed E-state index contributed by atoms with van der Waals surface area (Å²) in [5.41, 5.74) is 0.0983. The van der Waals surface area contributed by atoms with E-state index in [-0.39, 0.29) is 16.6 Å². The number of carbonyl (C=O) groups excluding carboxylic acids is 2. The lowest BCUT2D eigenvalue weighted by Crippen LogP contribution is -2.28. The quantitative estimate of drug-likeness (QED) is 0.524. The summed E-state index contributed by atoms with van der Waals surface area (Å²) in [5, 5.41) is 18.1. The zero-order valence-electron chi connectivity index (χ0n) is 9.47. The highest BCUT2D eigenvalue weighted by atomic mass is 16.5. The van der Waals surface area contributed by atoms with E-state index in [2.05, 4.69) is 0 Å². The van der Waals surface area contributed by atoms with E-state index < -0.39 is 11.8 Å². The first-order chi connectivity index (χ1) is 8.54. The van der Waals surface area contributed by atoms with Gasteiger partial charge in [0, 0.05) is 12.4 Å². The maximum absolute atomic E-state index is 12.0. The molecule has 6 heteroatoms. The molecule has 0 bridgehead atoms. The van der Waals surface area contributed by atoms with E-state index in [4.69, 9.17) is 5.41 Å². The number of rotatable bonds is 0. The molecular formula is C12H9N3O3. The topological polar surface area (TPSA) is 86.4 Å². The van der Waals surface area contributed by atoms with Crippen LogP contribution in [0.3, 0.4) is 0 Å². The fraction of sp³-hybridized carbons (Fsp3) is 0.0833. The van der Waals surface area contributed by atoms with Gasteiger partial charge in [0.05, 0.1) is 16.6 Å². The van der Waals surface area contributed by atoms with Crippen molar-refractivity contribution in [2.45, 2.75) is 0 Å². The zero-order valence-corrected chi connectivity index (χ0v) is 9.47. The molecule has 1 aliphatic heterocycles. The predicted octanol–water partition coefficient (Wildman–Crippen LogP) is 0.584. The van der Waals surface area contributed by atoms with Gasteiger partial charge in [-0.05, 0) is 6.07 Å². The van der Waals surface area contributed by atoms with Crippen molar-refractivity contribution in [2.75, 3.05) is 7.05 Å². The maximum Gasteiger partial charge on any atom is 0.265 e. The molecule has 2 aromatic rings. The SMILES string of the molecule is CN1C(=O)c2c(c3ccccc3n(O)c2=N)C1=O. The lowest BCUT2D eigenvalue weighted by molar-refractivity contribution is 0.0691. The third kappa shape index (κ3) is 1.04. The van der Waals surface area contributed by atoms with E-state index in [9.17, 15) is 14.8 Å². The summed E-state index contributed by atoms with van der Waals surface area (Å²) in [6, 6.07) is 6.63. The van der Waals surface area contributed by atoms with E-state index in [1.807, 2.05) is 0 Å². The van der Waals surface area contributed by atoms with Crippen molar-refractivity contribution < 1.29 is 14.8 Å². The lowest BCUT2D eigenvalue weighted by Gasteiger charge is -2.07. The molecule has 0 radical (unpaired) electrons. The average molecular weight is 243 g/mol. The second-order valence-corrected chi connectivity index (χ2v) is 4.10. The lowest BCUT2D eigenvalue weighted by atomic mass is 10.1. The van der Waals surface area contributed by atoms with Crippen LogP contribution in [0.5, 0.6) is 0 Å². The molecule has 0 saturated carbocycles. The van der Waals surface area contributed by atoms with E-state index in [1.54, 1.807) is 24.3 Å². The largest absolute Gasteiger partial charge is 0.426 e. The van der Waals surface area contributed by atoms with Gasteiger partial charge in [-0.3, -0.25) is 19.9 Å². The highest BCUT2D eigenvalue weighted by molar-refractivity contribution is 6.25. The number of carbonyl (C=O) groups is 2. The number of benzene rings is 1. The molecule has 3 rings (SSSR count). The van der Waals surface area contributed by atoms with Crippen LogP contribution in [0.4, 0.5) is 0 Å². The number of nitrogens with one attached hydrogen (secondary N) is 1. The summed E-state index contributed by atoms with van der Waals surface area (Å²) >= 11 is 0. The Hall–Kier alpha value is -2.63. The van der Waals surface area contributed by atoms with Gasteiger partial charge < -0.3 is 5.21 Å². The molecule has 1 aliphatic rings. The van der Waals surface area contributed by atoms with Gasteiger partial charge in [-0.15, -0.1) is 0 Å².